The van der Waals surface area contributed by atoms with E-state index in [0.717, 1.165) is 18.4 Å². The predicted octanol–water partition coefficient (Wildman–Crippen LogP) is 1.00. The van der Waals surface area contributed by atoms with E-state index in [4.69, 9.17) is 4.74 Å². The molecule has 0 aromatic heterocycles. The topological polar surface area (TPSA) is 33.3 Å². The molecule has 2 N–H and O–H groups in total. The van der Waals surface area contributed by atoms with Crippen molar-refractivity contribution in [1.82, 2.24) is 10.6 Å². The predicted molar refractivity (Wildman–Crippen MR) is 62.0 cm³/mol. The van der Waals surface area contributed by atoms with Gasteiger partial charge in [0.1, 0.15) is 0 Å². The van der Waals surface area contributed by atoms with Gasteiger partial charge in [0.05, 0.1) is 6.61 Å². The molecule has 0 radical (unpaired) electrons. The summed E-state index contributed by atoms with van der Waals surface area (Å²) < 4.78 is 5.27. The molecule has 2 aliphatic rings. The van der Waals surface area contributed by atoms with E-state index in [0.29, 0.717) is 0 Å². The van der Waals surface area contributed by atoms with Gasteiger partial charge in [-0.25, -0.2) is 0 Å². The van der Waals surface area contributed by atoms with Crippen LogP contribution in [0.1, 0.15) is 26.2 Å². The fourth-order valence-corrected chi connectivity index (χ4v) is 3.15. The van der Waals surface area contributed by atoms with Gasteiger partial charge in [0.25, 0.3) is 0 Å². The summed E-state index contributed by atoms with van der Waals surface area (Å²) in [4.78, 5) is 0. The lowest BCUT2D eigenvalue weighted by Crippen LogP contribution is -2.40. The summed E-state index contributed by atoms with van der Waals surface area (Å²) in [6.45, 7) is 6.75. The van der Waals surface area contributed by atoms with Crippen molar-refractivity contribution in [2.24, 2.45) is 11.8 Å². The van der Waals surface area contributed by atoms with Crippen molar-refractivity contribution >= 4 is 0 Å². The van der Waals surface area contributed by atoms with Crippen LogP contribution in [0.15, 0.2) is 0 Å². The van der Waals surface area contributed by atoms with Crippen molar-refractivity contribution in [3.05, 3.63) is 0 Å². The second-order valence-corrected chi connectivity index (χ2v) is 5.54. The van der Waals surface area contributed by atoms with E-state index in [1.165, 1.54) is 38.9 Å². The first-order valence-electron chi connectivity index (χ1n) is 6.16. The van der Waals surface area contributed by atoms with E-state index in [9.17, 15) is 0 Å². The molecule has 2 rings (SSSR count). The Labute approximate surface area is 93.0 Å². The van der Waals surface area contributed by atoms with Crippen LogP contribution in [0.25, 0.3) is 0 Å². The fraction of sp³-hybridized carbons (Fsp3) is 1.00. The first-order valence-corrected chi connectivity index (χ1v) is 6.16. The quantitative estimate of drug-likeness (QED) is 0.729. The Balaban J connectivity index is 1.76. The highest BCUT2D eigenvalue weighted by atomic mass is 16.5. The summed E-state index contributed by atoms with van der Waals surface area (Å²) >= 11 is 0. The highest BCUT2D eigenvalue weighted by Crippen LogP contribution is 2.30. The van der Waals surface area contributed by atoms with Crippen LogP contribution in [0.4, 0.5) is 0 Å². The van der Waals surface area contributed by atoms with E-state index in [1.54, 1.807) is 7.11 Å². The molecule has 2 heterocycles. The van der Waals surface area contributed by atoms with Gasteiger partial charge in [0, 0.05) is 12.6 Å². The number of ether oxygens (including phenoxy) is 1. The van der Waals surface area contributed by atoms with E-state index in [1.807, 2.05) is 0 Å². The molecule has 0 bridgehead atoms. The zero-order valence-corrected chi connectivity index (χ0v) is 10.0. The summed E-state index contributed by atoms with van der Waals surface area (Å²) in [6, 6.07) is 0. The normalized spacial score (nSPS) is 41.2. The fourth-order valence-electron chi connectivity index (χ4n) is 3.15. The van der Waals surface area contributed by atoms with Gasteiger partial charge in [-0.05, 0) is 57.7 Å². The Bertz CT molecular complexity index is 204. The monoisotopic (exact) mass is 212 g/mol. The molecule has 0 saturated carbocycles. The average molecular weight is 212 g/mol. The van der Waals surface area contributed by atoms with Gasteiger partial charge in [-0.3, -0.25) is 0 Å². The maximum absolute atomic E-state index is 5.27. The molecule has 3 atom stereocenters. The van der Waals surface area contributed by atoms with Crippen LogP contribution in [0.2, 0.25) is 0 Å². The smallest absolute Gasteiger partial charge is 0.0641 e. The van der Waals surface area contributed by atoms with Gasteiger partial charge in [-0.15, -0.1) is 0 Å². The third kappa shape index (κ3) is 2.92. The third-order valence-electron chi connectivity index (χ3n) is 3.85. The maximum Gasteiger partial charge on any atom is 0.0641 e. The SMILES string of the molecule is COCC1(C)CC(CC2CCNC2)CN1. The highest BCUT2D eigenvalue weighted by molar-refractivity contribution is 4.94. The molecule has 0 aliphatic carbocycles. The Morgan fingerprint density at radius 1 is 1.33 bits per heavy atom. The van der Waals surface area contributed by atoms with Gasteiger partial charge in [-0.2, -0.15) is 0 Å². The Morgan fingerprint density at radius 2 is 2.20 bits per heavy atom. The minimum Gasteiger partial charge on any atom is -0.383 e. The number of methoxy groups -OCH3 is 1. The van der Waals surface area contributed by atoms with Gasteiger partial charge >= 0.3 is 0 Å². The minimum atomic E-state index is 0.228. The molecule has 0 aromatic carbocycles. The van der Waals surface area contributed by atoms with Gasteiger partial charge < -0.3 is 15.4 Å². The summed E-state index contributed by atoms with van der Waals surface area (Å²) in [5.41, 5.74) is 0.228. The highest BCUT2D eigenvalue weighted by Gasteiger charge is 2.35. The minimum absolute atomic E-state index is 0.228. The molecule has 3 heteroatoms. The van der Waals surface area contributed by atoms with Crippen LogP contribution < -0.4 is 10.6 Å². The summed E-state index contributed by atoms with van der Waals surface area (Å²) in [6.07, 6.45) is 4.04. The van der Waals surface area contributed by atoms with Crippen molar-refractivity contribution in [3.63, 3.8) is 0 Å². The van der Waals surface area contributed by atoms with Crippen molar-refractivity contribution in [2.75, 3.05) is 33.4 Å². The Hall–Kier alpha value is -0.120. The molecule has 0 spiro atoms. The van der Waals surface area contributed by atoms with Crippen molar-refractivity contribution in [1.29, 1.82) is 0 Å². The lowest BCUT2D eigenvalue weighted by molar-refractivity contribution is 0.127. The maximum atomic E-state index is 5.27. The van der Waals surface area contributed by atoms with Gasteiger partial charge in [0.15, 0.2) is 0 Å². The van der Waals surface area contributed by atoms with Gasteiger partial charge in [0.2, 0.25) is 0 Å². The lowest BCUT2D eigenvalue weighted by atomic mass is 9.88. The molecule has 0 aromatic rings. The van der Waals surface area contributed by atoms with Crippen LogP contribution in [0.3, 0.4) is 0 Å². The zero-order valence-electron chi connectivity index (χ0n) is 10.0. The Morgan fingerprint density at radius 3 is 2.87 bits per heavy atom. The molecule has 2 fully saturated rings. The van der Waals surface area contributed by atoms with E-state index >= 15 is 0 Å². The van der Waals surface area contributed by atoms with E-state index in [2.05, 4.69) is 17.6 Å². The number of hydrogen-bond donors (Lipinski definition) is 2. The van der Waals surface area contributed by atoms with Crippen LogP contribution in [0.5, 0.6) is 0 Å². The molecule has 2 aliphatic heterocycles. The summed E-state index contributed by atoms with van der Waals surface area (Å²) in [7, 11) is 1.79. The third-order valence-corrected chi connectivity index (χ3v) is 3.85. The first-order chi connectivity index (χ1) is 7.22. The summed E-state index contributed by atoms with van der Waals surface area (Å²) in [5.74, 6) is 1.77. The second-order valence-electron chi connectivity index (χ2n) is 5.54. The van der Waals surface area contributed by atoms with Crippen LogP contribution in [0, 0.1) is 11.8 Å². The Kier molecular flexibility index (Phi) is 3.65. The second kappa shape index (κ2) is 4.81. The molecule has 0 amide bonds. The van der Waals surface area contributed by atoms with Crippen molar-refractivity contribution in [2.45, 2.75) is 31.7 Å². The van der Waals surface area contributed by atoms with Gasteiger partial charge in [-0.1, -0.05) is 0 Å². The lowest BCUT2D eigenvalue weighted by Gasteiger charge is -2.23. The number of rotatable bonds is 4. The van der Waals surface area contributed by atoms with Crippen LogP contribution in [-0.4, -0.2) is 38.9 Å². The average Bonchev–Trinajstić information content (AvgIpc) is 2.78. The van der Waals surface area contributed by atoms with E-state index < -0.39 is 0 Å². The van der Waals surface area contributed by atoms with E-state index in [-0.39, 0.29) is 5.54 Å². The van der Waals surface area contributed by atoms with Crippen molar-refractivity contribution in [3.8, 4) is 0 Å². The first kappa shape index (κ1) is 11.4. The van der Waals surface area contributed by atoms with Crippen molar-refractivity contribution < 1.29 is 4.74 Å². The molecule has 3 unspecified atom stereocenters. The molecular formula is C12H24N2O. The molecular weight excluding hydrogens is 188 g/mol. The molecule has 3 nitrogen and oxygen atoms in total. The van der Waals surface area contributed by atoms with Crippen LogP contribution in [-0.2, 0) is 4.74 Å². The molecule has 2 saturated heterocycles. The number of nitrogens with one attached hydrogen (secondary N) is 2. The largest absolute Gasteiger partial charge is 0.383 e. The number of hydrogen-bond acceptors (Lipinski definition) is 3. The summed E-state index contributed by atoms with van der Waals surface area (Å²) in [5, 5.41) is 7.06. The zero-order chi connectivity index (χ0) is 10.7. The molecule has 15 heavy (non-hydrogen) atoms. The standard InChI is InChI=1S/C12H24N2O/c1-12(9-15-2)6-11(8-14-12)5-10-3-4-13-7-10/h10-11,13-14H,3-9H2,1-2H3. The van der Waals surface area contributed by atoms with Crippen LogP contribution >= 0.6 is 0 Å². The molecule has 88 valence electrons.